The Morgan fingerprint density at radius 1 is 1.27 bits per heavy atom. The van der Waals surface area contributed by atoms with E-state index in [1.165, 1.54) is 12.1 Å². The van der Waals surface area contributed by atoms with E-state index in [0.717, 1.165) is 0 Å². The molecule has 2 rings (SSSR count). The molecule has 1 unspecified atom stereocenters. The summed E-state index contributed by atoms with van der Waals surface area (Å²) < 4.78 is 23.3. The third-order valence-corrected chi connectivity index (χ3v) is 2.90. The minimum absolute atomic E-state index is 0.0467. The van der Waals surface area contributed by atoms with Crippen molar-refractivity contribution in [2.45, 2.75) is 19.6 Å². The van der Waals surface area contributed by atoms with Gasteiger partial charge in [-0.25, -0.2) is 9.18 Å². The second kappa shape index (κ2) is 7.23. The van der Waals surface area contributed by atoms with E-state index in [9.17, 15) is 9.18 Å². The normalized spacial score (nSPS) is 11.3. The predicted octanol–water partition coefficient (Wildman–Crippen LogP) is 3.21. The van der Waals surface area contributed by atoms with Crippen molar-refractivity contribution in [2.75, 3.05) is 0 Å². The van der Waals surface area contributed by atoms with Gasteiger partial charge in [-0.15, -0.1) is 0 Å². The molecule has 0 aliphatic rings. The molecule has 2 aromatic carbocycles. The molecule has 4 nitrogen and oxygen atoms in total. The van der Waals surface area contributed by atoms with E-state index in [1.807, 2.05) is 6.07 Å². The van der Waals surface area contributed by atoms with E-state index in [4.69, 9.17) is 14.7 Å². The third-order valence-electron chi connectivity index (χ3n) is 2.90. The summed E-state index contributed by atoms with van der Waals surface area (Å²) in [6, 6.07) is 14.2. The van der Waals surface area contributed by atoms with Gasteiger partial charge >= 0.3 is 5.97 Å². The molecule has 22 heavy (non-hydrogen) atoms. The van der Waals surface area contributed by atoms with Crippen LogP contribution in [0.3, 0.4) is 0 Å². The molecule has 0 aliphatic carbocycles. The summed E-state index contributed by atoms with van der Waals surface area (Å²) >= 11 is 0. The molecular weight excluding hydrogens is 285 g/mol. The SMILES string of the molecule is CC(Oc1cccc(C#N)c1)C(=O)OCc1ccc(F)cc1. The maximum atomic E-state index is 12.8. The van der Waals surface area contributed by atoms with Crippen molar-refractivity contribution in [2.24, 2.45) is 0 Å². The van der Waals surface area contributed by atoms with Gasteiger partial charge in [0.2, 0.25) is 0 Å². The van der Waals surface area contributed by atoms with Crippen molar-refractivity contribution >= 4 is 5.97 Å². The van der Waals surface area contributed by atoms with Gasteiger partial charge in [-0.3, -0.25) is 0 Å². The first kappa shape index (κ1) is 15.5. The summed E-state index contributed by atoms with van der Waals surface area (Å²) in [5.74, 6) is -0.457. The second-order valence-electron chi connectivity index (χ2n) is 4.63. The number of nitriles is 1. The van der Waals surface area contributed by atoms with Gasteiger partial charge in [0, 0.05) is 0 Å². The zero-order valence-corrected chi connectivity index (χ0v) is 12.0. The Morgan fingerprint density at radius 3 is 2.68 bits per heavy atom. The fourth-order valence-corrected chi connectivity index (χ4v) is 1.74. The number of hydrogen-bond donors (Lipinski definition) is 0. The predicted molar refractivity (Wildman–Crippen MR) is 77.4 cm³/mol. The highest BCUT2D eigenvalue weighted by Gasteiger charge is 2.16. The quantitative estimate of drug-likeness (QED) is 0.795. The highest BCUT2D eigenvalue weighted by atomic mass is 19.1. The molecule has 0 saturated heterocycles. The molecule has 0 aliphatic heterocycles. The molecular formula is C17H14FNO3. The van der Waals surface area contributed by atoms with E-state index < -0.39 is 12.1 Å². The number of esters is 1. The molecule has 0 fully saturated rings. The Hall–Kier alpha value is -2.87. The number of carbonyl (C=O) groups is 1. The minimum Gasteiger partial charge on any atom is -0.479 e. The first-order valence-electron chi connectivity index (χ1n) is 6.66. The fraction of sp³-hybridized carbons (Fsp3) is 0.176. The van der Waals surface area contributed by atoms with Crippen LogP contribution in [0.15, 0.2) is 48.5 Å². The molecule has 0 N–H and O–H groups in total. The van der Waals surface area contributed by atoms with Gasteiger partial charge in [0.1, 0.15) is 18.2 Å². The van der Waals surface area contributed by atoms with E-state index in [2.05, 4.69) is 0 Å². The lowest BCUT2D eigenvalue weighted by atomic mass is 10.2. The zero-order valence-electron chi connectivity index (χ0n) is 12.0. The van der Waals surface area contributed by atoms with Gasteiger partial charge in [-0.1, -0.05) is 18.2 Å². The van der Waals surface area contributed by atoms with Crippen LogP contribution in [-0.4, -0.2) is 12.1 Å². The Bertz CT molecular complexity index is 692. The maximum absolute atomic E-state index is 12.8. The third kappa shape index (κ3) is 4.32. The molecule has 0 spiro atoms. The summed E-state index contributed by atoms with van der Waals surface area (Å²) in [6.07, 6.45) is -0.811. The molecule has 0 radical (unpaired) electrons. The van der Waals surface area contributed by atoms with Crippen LogP contribution in [0.25, 0.3) is 0 Å². The molecule has 0 saturated carbocycles. The number of halogens is 1. The lowest BCUT2D eigenvalue weighted by molar-refractivity contribution is -0.152. The number of carbonyl (C=O) groups excluding carboxylic acids is 1. The zero-order chi connectivity index (χ0) is 15.9. The Labute approximate surface area is 127 Å². The first-order valence-corrected chi connectivity index (χ1v) is 6.66. The van der Waals surface area contributed by atoms with Gasteiger partial charge < -0.3 is 9.47 Å². The topological polar surface area (TPSA) is 59.3 Å². The van der Waals surface area contributed by atoms with Crippen molar-refractivity contribution < 1.29 is 18.7 Å². The van der Waals surface area contributed by atoms with E-state index in [0.29, 0.717) is 16.9 Å². The molecule has 5 heteroatoms. The molecule has 0 aromatic heterocycles. The van der Waals surface area contributed by atoms with Crippen molar-refractivity contribution in [3.8, 4) is 11.8 Å². The van der Waals surface area contributed by atoms with E-state index in [1.54, 1.807) is 43.3 Å². The summed E-state index contributed by atoms with van der Waals surface area (Å²) in [7, 11) is 0. The summed E-state index contributed by atoms with van der Waals surface area (Å²) in [5.41, 5.74) is 1.14. The first-order chi connectivity index (χ1) is 10.6. The molecule has 2 aromatic rings. The van der Waals surface area contributed by atoms with Crippen molar-refractivity contribution in [3.63, 3.8) is 0 Å². The highest BCUT2D eigenvalue weighted by molar-refractivity contribution is 5.74. The van der Waals surface area contributed by atoms with Crippen LogP contribution in [0.2, 0.25) is 0 Å². The lowest BCUT2D eigenvalue weighted by Gasteiger charge is -2.14. The smallest absolute Gasteiger partial charge is 0.347 e. The molecule has 1 atom stereocenters. The number of nitrogens with zero attached hydrogens (tertiary/aromatic N) is 1. The standard InChI is InChI=1S/C17H14FNO3/c1-12(22-16-4-2-3-14(9-16)10-19)17(20)21-11-13-5-7-15(18)8-6-13/h2-9,12H,11H2,1H3. The second-order valence-corrected chi connectivity index (χ2v) is 4.63. The average Bonchev–Trinajstić information content (AvgIpc) is 2.54. The maximum Gasteiger partial charge on any atom is 0.347 e. The van der Waals surface area contributed by atoms with Crippen molar-refractivity contribution in [3.05, 3.63) is 65.5 Å². The number of benzene rings is 2. The van der Waals surface area contributed by atoms with Crippen LogP contribution < -0.4 is 4.74 Å². The Kier molecular flexibility index (Phi) is 5.10. The number of rotatable bonds is 5. The summed E-state index contributed by atoms with van der Waals surface area (Å²) in [5, 5.41) is 8.81. The van der Waals surface area contributed by atoms with Crippen LogP contribution in [0.4, 0.5) is 4.39 Å². The van der Waals surface area contributed by atoms with E-state index >= 15 is 0 Å². The van der Waals surface area contributed by atoms with Gasteiger partial charge in [0.15, 0.2) is 6.10 Å². The van der Waals surface area contributed by atoms with E-state index in [-0.39, 0.29) is 12.4 Å². The fourth-order valence-electron chi connectivity index (χ4n) is 1.74. The lowest BCUT2D eigenvalue weighted by Crippen LogP contribution is -2.26. The summed E-state index contributed by atoms with van der Waals surface area (Å²) in [4.78, 5) is 11.9. The van der Waals surface area contributed by atoms with Gasteiger partial charge in [-0.05, 0) is 42.8 Å². The van der Waals surface area contributed by atoms with Crippen molar-refractivity contribution in [1.29, 1.82) is 5.26 Å². The van der Waals surface area contributed by atoms with Crippen LogP contribution in [0, 0.1) is 17.1 Å². The molecule has 0 bridgehead atoms. The van der Waals surface area contributed by atoms with Crippen LogP contribution in [0.5, 0.6) is 5.75 Å². The Balaban J connectivity index is 1.89. The van der Waals surface area contributed by atoms with Crippen molar-refractivity contribution in [1.82, 2.24) is 0 Å². The molecule has 0 heterocycles. The summed E-state index contributed by atoms with van der Waals surface area (Å²) in [6.45, 7) is 1.61. The molecule has 112 valence electrons. The number of hydrogen-bond acceptors (Lipinski definition) is 4. The molecule has 0 amide bonds. The van der Waals surface area contributed by atoms with Crippen LogP contribution >= 0.6 is 0 Å². The number of ether oxygens (including phenoxy) is 2. The van der Waals surface area contributed by atoms with Crippen LogP contribution in [0.1, 0.15) is 18.1 Å². The minimum atomic E-state index is -0.811. The van der Waals surface area contributed by atoms with Gasteiger partial charge in [0.25, 0.3) is 0 Å². The Morgan fingerprint density at radius 2 is 2.00 bits per heavy atom. The van der Waals surface area contributed by atoms with Gasteiger partial charge in [-0.2, -0.15) is 5.26 Å². The average molecular weight is 299 g/mol. The van der Waals surface area contributed by atoms with Gasteiger partial charge in [0.05, 0.1) is 11.6 Å². The van der Waals surface area contributed by atoms with Crippen LogP contribution in [-0.2, 0) is 16.1 Å². The highest BCUT2D eigenvalue weighted by Crippen LogP contribution is 2.15. The largest absolute Gasteiger partial charge is 0.479 e. The monoisotopic (exact) mass is 299 g/mol.